The van der Waals surface area contributed by atoms with Gasteiger partial charge in [-0.25, -0.2) is 4.98 Å². The topological polar surface area (TPSA) is 17.8 Å². The van der Waals surface area contributed by atoms with Crippen LogP contribution < -0.4 is 0 Å². The van der Waals surface area contributed by atoms with Gasteiger partial charge < -0.3 is 4.57 Å². The third kappa shape index (κ3) is 3.06. The maximum atomic E-state index is 6.07. The number of thiophene rings is 1. The molecule has 0 aliphatic heterocycles. The Bertz CT molecular complexity index is 674. The van der Waals surface area contributed by atoms with Crippen molar-refractivity contribution in [1.29, 1.82) is 0 Å². The summed E-state index contributed by atoms with van der Waals surface area (Å²) in [5, 5.41) is 0.757. The number of hydrogen-bond donors (Lipinski definition) is 0. The van der Waals surface area contributed by atoms with Crippen molar-refractivity contribution >= 4 is 34.5 Å². The summed E-state index contributed by atoms with van der Waals surface area (Å²) >= 11 is 13.6. The first kappa shape index (κ1) is 13.7. The van der Waals surface area contributed by atoms with Gasteiger partial charge in [0.1, 0.15) is 0 Å². The third-order valence-electron chi connectivity index (χ3n) is 3.15. The molecule has 0 amide bonds. The van der Waals surface area contributed by atoms with Crippen molar-refractivity contribution in [3.63, 3.8) is 0 Å². The van der Waals surface area contributed by atoms with Crippen LogP contribution in [-0.2, 0) is 6.42 Å². The van der Waals surface area contributed by atoms with E-state index in [9.17, 15) is 0 Å². The van der Waals surface area contributed by atoms with E-state index in [4.69, 9.17) is 23.2 Å². The fourth-order valence-electron chi connectivity index (χ4n) is 2.16. The molecular weight excluding hydrogens is 311 g/mol. The van der Waals surface area contributed by atoms with Crippen LogP contribution in [0.15, 0.2) is 55.1 Å². The van der Waals surface area contributed by atoms with E-state index >= 15 is 0 Å². The molecule has 0 saturated carbocycles. The summed E-state index contributed by atoms with van der Waals surface area (Å²) in [6, 6.07) is 12.2. The molecule has 1 atom stereocenters. The maximum Gasteiger partial charge on any atom is 0.0952 e. The Labute approximate surface area is 131 Å². The number of aromatic nitrogens is 2. The molecule has 0 bridgehead atoms. The van der Waals surface area contributed by atoms with Crippen molar-refractivity contribution < 1.29 is 0 Å². The van der Waals surface area contributed by atoms with E-state index in [1.807, 2.05) is 30.7 Å². The Hall–Kier alpha value is -1.29. The van der Waals surface area contributed by atoms with E-state index in [-0.39, 0.29) is 6.04 Å². The molecular formula is C15H12Cl2N2S. The van der Waals surface area contributed by atoms with E-state index in [1.54, 1.807) is 17.5 Å². The molecule has 3 aromatic rings. The van der Waals surface area contributed by atoms with Crippen LogP contribution in [-0.4, -0.2) is 9.55 Å². The summed E-state index contributed by atoms with van der Waals surface area (Å²) in [7, 11) is 0. The number of hydrogen-bond acceptors (Lipinski definition) is 2. The van der Waals surface area contributed by atoms with Gasteiger partial charge in [-0.2, -0.15) is 0 Å². The average Bonchev–Trinajstić information content (AvgIpc) is 3.09. The predicted molar refractivity (Wildman–Crippen MR) is 84.9 cm³/mol. The van der Waals surface area contributed by atoms with Crippen molar-refractivity contribution in [2.75, 3.05) is 0 Å². The monoisotopic (exact) mass is 322 g/mol. The first-order valence-corrected chi connectivity index (χ1v) is 7.77. The lowest BCUT2D eigenvalue weighted by molar-refractivity contribution is 0.590. The lowest BCUT2D eigenvalue weighted by Crippen LogP contribution is -2.10. The second-order valence-corrected chi connectivity index (χ2v) is 6.68. The highest BCUT2D eigenvalue weighted by Crippen LogP contribution is 2.31. The van der Waals surface area contributed by atoms with Gasteiger partial charge in [-0.3, -0.25) is 0 Å². The van der Waals surface area contributed by atoms with E-state index in [1.165, 1.54) is 10.4 Å². The number of imidazole rings is 1. The van der Waals surface area contributed by atoms with Crippen LogP contribution in [0.2, 0.25) is 9.36 Å². The highest BCUT2D eigenvalue weighted by molar-refractivity contribution is 7.16. The van der Waals surface area contributed by atoms with Gasteiger partial charge in [0, 0.05) is 22.3 Å². The van der Waals surface area contributed by atoms with Crippen molar-refractivity contribution in [1.82, 2.24) is 9.55 Å². The standard InChI is InChI=1S/C15H12Cl2N2S/c16-12-3-1-11(2-4-12)9-13(19-8-7-18-10-19)14-5-6-15(17)20-14/h1-8,10,13H,9H2. The highest BCUT2D eigenvalue weighted by atomic mass is 35.5. The van der Waals surface area contributed by atoms with Crippen LogP contribution in [0.3, 0.4) is 0 Å². The SMILES string of the molecule is Clc1ccc(CC(c2ccc(Cl)s2)n2ccnc2)cc1. The summed E-state index contributed by atoms with van der Waals surface area (Å²) in [6.45, 7) is 0. The van der Waals surface area contributed by atoms with Gasteiger partial charge in [0.15, 0.2) is 0 Å². The summed E-state index contributed by atoms with van der Waals surface area (Å²) in [4.78, 5) is 5.37. The second kappa shape index (κ2) is 6.00. The number of rotatable bonds is 4. The molecule has 0 aliphatic rings. The molecule has 0 spiro atoms. The second-order valence-electron chi connectivity index (χ2n) is 4.50. The van der Waals surface area contributed by atoms with Gasteiger partial charge in [0.05, 0.1) is 16.7 Å². The molecule has 0 N–H and O–H groups in total. The van der Waals surface area contributed by atoms with Gasteiger partial charge in [0.2, 0.25) is 0 Å². The van der Waals surface area contributed by atoms with Crippen molar-refractivity contribution in [3.8, 4) is 0 Å². The summed E-state index contributed by atoms with van der Waals surface area (Å²) in [5.41, 5.74) is 1.23. The molecule has 1 unspecified atom stereocenters. The number of halogens is 2. The Morgan fingerprint density at radius 3 is 2.50 bits per heavy atom. The molecule has 0 saturated heterocycles. The quantitative estimate of drug-likeness (QED) is 0.654. The zero-order valence-corrected chi connectivity index (χ0v) is 12.9. The van der Waals surface area contributed by atoms with Crippen LogP contribution in [0, 0.1) is 0 Å². The van der Waals surface area contributed by atoms with Crippen LogP contribution in [0.25, 0.3) is 0 Å². The van der Waals surface area contributed by atoms with E-state index in [0.717, 1.165) is 15.8 Å². The molecule has 0 aliphatic carbocycles. The fourth-order valence-corrected chi connectivity index (χ4v) is 3.45. The average molecular weight is 323 g/mol. The van der Waals surface area contributed by atoms with Crippen LogP contribution in [0.1, 0.15) is 16.5 Å². The minimum Gasteiger partial charge on any atom is -0.329 e. The molecule has 0 radical (unpaired) electrons. The van der Waals surface area contributed by atoms with Crippen LogP contribution >= 0.6 is 34.5 Å². The Kier molecular flexibility index (Phi) is 4.10. The normalized spacial score (nSPS) is 12.5. The van der Waals surface area contributed by atoms with Gasteiger partial charge in [-0.1, -0.05) is 35.3 Å². The molecule has 20 heavy (non-hydrogen) atoms. The number of nitrogens with zero attached hydrogens (tertiary/aromatic N) is 2. The van der Waals surface area contributed by atoms with Gasteiger partial charge >= 0.3 is 0 Å². The first-order chi connectivity index (χ1) is 9.72. The largest absolute Gasteiger partial charge is 0.329 e. The highest BCUT2D eigenvalue weighted by Gasteiger charge is 2.16. The van der Waals surface area contributed by atoms with E-state index in [2.05, 4.69) is 27.8 Å². The lowest BCUT2D eigenvalue weighted by Gasteiger charge is -2.17. The van der Waals surface area contributed by atoms with Crippen molar-refractivity contribution in [2.24, 2.45) is 0 Å². The third-order valence-corrected chi connectivity index (χ3v) is 4.73. The van der Waals surface area contributed by atoms with Crippen LogP contribution in [0.5, 0.6) is 0 Å². The summed E-state index contributed by atoms with van der Waals surface area (Å²) < 4.78 is 2.91. The zero-order chi connectivity index (χ0) is 13.9. The summed E-state index contributed by atoms with van der Waals surface area (Å²) in [6.07, 6.45) is 6.50. The number of benzene rings is 1. The molecule has 2 nitrogen and oxygen atoms in total. The van der Waals surface area contributed by atoms with Crippen molar-refractivity contribution in [3.05, 3.63) is 74.9 Å². The zero-order valence-electron chi connectivity index (χ0n) is 10.5. The smallest absolute Gasteiger partial charge is 0.0952 e. The molecule has 0 fully saturated rings. The van der Waals surface area contributed by atoms with Gasteiger partial charge in [0.25, 0.3) is 0 Å². The Morgan fingerprint density at radius 2 is 1.90 bits per heavy atom. The maximum absolute atomic E-state index is 6.07. The predicted octanol–water partition coefficient (Wildman–Crippen LogP) is 5.08. The molecule has 1 aromatic carbocycles. The van der Waals surface area contributed by atoms with Crippen LogP contribution in [0.4, 0.5) is 0 Å². The molecule has 102 valence electrons. The van der Waals surface area contributed by atoms with Gasteiger partial charge in [-0.05, 0) is 36.2 Å². The minimum absolute atomic E-state index is 0.205. The minimum atomic E-state index is 0.205. The Morgan fingerprint density at radius 1 is 1.10 bits per heavy atom. The van der Waals surface area contributed by atoms with Gasteiger partial charge in [-0.15, -0.1) is 11.3 Å². The first-order valence-electron chi connectivity index (χ1n) is 6.19. The summed E-state index contributed by atoms with van der Waals surface area (Å²) in [5.74, 6) is 0. The fraction of sp³-hybridized carbons (Fsp3) is 0.133. The van der Waals surface area contributed by atoms with E-state index < -0.39 is 0 Å². The molecule has 3 rings (SSSR count). The van der Waals surface area contributed by atoms with E-state index in [0.29, 0.717) is 0 Å². The van der Waals surface area contributed by atoms with Crippen molar-refractivity contribution in [2.45, 2.75) is 12.5 Å². The molecule has 2 heterocycles. The Balaban J connectivity index is 1.92. The molecule has 5 heteroatoms. The molecule has 2 aromatic heterocycles. The lowest BCUT2D eigenvalue weighted by atomic mass is 10.0.